The molecule has 1 amide bonds. The molecule has 0 bridgehead atoms. The van der Waals surface area contributed by atoms with E-state index >= 15 is 0 Å². The van der Waals surface area contributed by atoms with E-state index in [1.54, 1.807) is 0 Å². The molecule has 2 aromatic rings. The molecule has 0 unspecified atom stereocenters. The molecule has 2 N–H and O–H groups in total. The van der Waals surface area contributed by atoms with E-state index in [4.69, 9.17) is 4.74 Å². The normalized spacial score (nSPS) is 17.2. The third-order valence-electron chi connectivity index (χ3n) is 4.22. The predicted molar refractivity (Wildman–Crippen MR) is 89.1 cm³/mol. The van der Waals surface area contributed by atoms with Gasteiger partial charge in [-0.15, -0.1) is 0 Å². The zero-order valence-electron chi connectivity index (χ0n) is 13.0. The summed E-state index contributed by atoms with van der Waals surface area (Å²) < 4.78 is 5.31. The van der Waals surface area contributed by atoms with E-state index in [9.17, 15) is 9.90 Å². The number of aliphatic hydroxyl groups is 1. The number of amides is 1. The average Bonchev–Trinajstić information content (AvgIpc) is 3.13. The van der Waals surface area contributed by atoms with Crippen molar-refractivity contribution in [1.29, 1.82) is 0 Å². The molecule has 4 nitrogen and oxygen atoms in total. The Bertz CT molecular complexity index is 661. The molecule has 120 valence electrons. The topological polar surface area (TPSA) is 58.6 Å². The molecular weight excluding hydrogens is 290 g/mol. The quantitative estimate of drug-likeness (QED) is 0.892. The zero-order chi connectivity index (χ0) is 16.1. The monoisotopic (exact) mass is 311 g/mol. The lowest BCUT2D eigenvalue weighted by atomic mass is 9.99. The Hall–Kier alpha value is -2.17. The van der Waals surface area contributed by atoms with Crippen LogP contribution in [-0.2, 0) is 11.3 Å². The van der Waals surface area contributed by atoms with Crippen LogP contribution in [0, 0.1) is 5.92 Å². The van der Waals surface area contributed by atoms with Crippen LogP contribution < -0.4 is 5.32 Å². The highest BCUT2D eigenvalue weighted by atomic mass is 16.5. The molecule has 1 saturated heterocycles. The largest absolute Gasteiger partial charge is 0.392 e. The number of hydrogen-bond acceptors (Lipinski definition) is 3. The lowest BCUT2D eigenvalue weighted by Crippen LogP contribution is -2.29. The van der Waals surface area contributed by atoms with Crippen molar-refractivity contribution in [1.82, 2.24) is 5.32 Å². The number of aliphatic hydroxyl groups excluding tert-OH is 1. The van der Waals surface area contributed by atoms with E-state index in [1.165, 1.54) is 0 Å². The molecule has 1 atom stereocenters. The standard InChI is InChI=1S/C19H21NO3/c21-12-17-3-1-2-4-18(17)15-5-7-16(8-6-15)19(22)20-11-14-9-10-23-13-14/h1-8,14,21H,9-13H2,(H,20,22)/t14-/m0/s1. The Balaban J connectivity index is 1.67. The zero-order valence-corrected chi connectivity index (χ0v) is 13.0. The van der Waals surface area contributed by atoms with E-state index in [1.807, 2.05) is 48.5 Å². The van der Waals surface area contributed by atoms with Crippen molar-refractivity contribution < 1.29 is 14.6 Å². The van der Waals surface area contributed by atoms with Crippen LogP contribution in [0.3, 0.4) is 0 Å². The van der Waals surface area contributed by atoms with Crippen LogP contribution in [0.15, 0.2) is 48.5 Å². The van der Waals surface area contributed by atoms with Crippen molar-refractivity contribution in [2.75, 3.05) is 19.8 Å². The van der Waals surface area contributed by atoms with Gasteiger partial charge in [0, 0.05) is 24.6 Å². The number of carbonyl (C=O) groups is 1. The maximum Gasteiger partial charge on any atom is 0.251 e. The van der Waals surface area contributed by atoms with Crippen LogP contribution in [-0.4, -0.2) is 30.8 Å². The Kier molecular flexibility index (Phi) is 5.05. The summed E-state index contributed by atoms with van der Waals surface area (Å²) in [7, 11) is 0. The number of carbonyl (C=O) groups excluding carboxylic acids is 1. The molecular formula is C19H21NO3. The fraction of sp³-hybridized carbons (Fsp3) is 0.316. The van der Waals surface area contributed by atoms with Crippen molar-refractivity contribution >= 4 is 5.91 Å². The summed E-state index contributed by atoms with van der Waals surface area (Å²) in [5.74, 6) is 0.369. The van der Waals surface area contributed by atoms with Gasteiger partial charge in [-0.3, -0.25) is 4.79 Å². The first-order chi connectivity index (χ1) is 11.3. The van der Waals surface area contributed by atoms with Crippen LogP contribution in [0.25, 0.3) is 11.1 Å². The van der Waals surface area contributed by atoms with E-state index in [0.29, 0.717) is 18.0 Å². The first kappa shape index (κ1) is 15.7. The summed E-state index contributed by atoms with van der Waals surface area (Å²) in [6.07, 6.45) is 1.01. The van der Waals surface area contributed by atoms with Gasteiger partial charge in [0.2, 0.25) is 0 Å². The second-order valence-corrected chi connectivity index (χ2v) is 5.83. The highest BCUT2D eigenvalue weighted by molar-refractivity contribution is 5.94. The average molecular weight is 311 g/mol. The van der Waals surface area contributed by atoms with Gasteiger partial charge in [-0.05, 0) is 35.2 Å². The van der Waals surface area contributed by atoms with E-state index in [-0.39, 0.29) is 12.5 Å². The molecule has 23 heavy (non-hydrogen) atoms. The molecule has 1 aliphatic rings. The fourth-order valence-corrected chi connectivity index (χ4v) is 2.82. The Morgan fingerprint density at radius 3 is 2.65 bits per heavy atom. The second kappa shape index (κ2) is 7.40. The summed E-state index contributed by atoms with van der Waals surface area (Å²) in [4.78, 5) is 12.2. The molecule has 2 aromatic carbocycles. The highest BCUT2D eigenvalue weighted by Gasteiger charge is 2.16. The molecule has 0 aliphatic carbocycles. The lowest BCUT2D eigenvalue weighted by Gasteiger charge is -2.11. The van der Waals surface area contributed by atoms with Crippen LogP contribution in [0.1, 0.15) is 22.3 Å². The van der Waals surface area contributed by atoms with Crippen molar-refractivity contribution in [3.63, 3.8) is 0 Å². The first-order valence-corrected chi connectivity index (χ1v) is 7.93. The number of ether oxygens (including phenoxy) is 1. The maximum absolute atomic E-state index is 12.2. The van der Waals surface area contributed by atoms with Crippen molar-refractivity contribution in [2.24, 2.45) is 5.92 Å². The van der Waals surface area contributed by atoms with Gasteiger partial charge in [0.05, 0.1) is 13.2 Å². The molecule has 1 fully saturated rings. The van der Waals surface area contributed by atoms with Gasteiger partial charge in [-0.1, -0.05) is 36.4 Å². The minimum absolute atomic E-state index is 0.00186. The summed E-state index contributed by atoms with van der Waals surface area (Å²) in [5.41, 5.74) is 3.51. The minimum atomic E-state index is -0.0566. The van der Waals surface area contributed by atoms with Crippen LogP contribution >= 0.6 is 0 Å². The van der Waals surface area contributed by atoms with Gasteiger partial charge in [0.25, 0.3) is 5.91 Å². The molecule has 4 heteroatoms. The summed E-state index contributed by atoms with van der Waals surface area (Å²) in [5, 5.41) is 12.4. The van der Waals surface area contributed by atoms with Gasteiger partial charge >= 0.3 is 0 Å². The molecule has 1 aliphatic heterocycles. The van der Waals surface area contributed by atoms with Gasteiger partial charge < -0.3 is 15.2 Å². The third kappa shape index (κ3) is 3.78. The molecule has 0 aromatic heterocycles. The predicted octanol–water partition coefficient (Wildman–Crippen LogP) is 2.61. The molecule has 1 heterocycles. The lowest BCUT2D eigenvalue weighted by molar-refractivity contribution is 0.0945. The van der Waals surface area contributed by atoms with Gasteiger partial charge in [-0.25, -0.2) is 0 Å². The number of nitrogens with one attached hydrogen (secondary N) is 1. The van der Waals surface area contributed by atoms with Crippen LogP contribution in [0.5, 0.6) is 0 Å². The van der Waals surface area contributed by atoms with Crippen LogP contribution in [0.2, 0.25) is 0 Å². The third-order valence-corrected chi connectivity index (χ3v) is 4.22. The minimum Gasteiger partial charge on any atom is -0.392 e. The maximum atomic E-state index is 12.2. The van der Waals surface area contributed by atoms with Gasteiger partial charge in [0.15, 0.2) is 0 Å². The molecule has 0 spiro atoms. The molecule has 0 saturated carbocycles. The SMILES string of the molecule is O=C(NC[C@@H]1CCOC1)c1ccc(-c2ccccc2CO)cc1. The summed E-state index contributed by atoms with van der Waals surface area (Å²) >= 11 is 0. The highest BCUT2D eigenvalue weighted by Crippen LogP contribution is 2.24. The molecule has 3 rings (SSSR count). The van der Waals surface area contributed by atoms with Gasteiger partial charge in [0.1, 0.15) is 0 Å². The number of benzene rings is 2. The Morgan fingerprint density at radius 2 is 1.96 bits per heavy atom. The van der Waals surface area contributed by atoms with Gasteiger partial charge in [-0.2, -0.15) is 0 Å². The van der Waals surface area contributed by atoms with E-state index in [0.717, 1.165) is 36.3 Å². The first-order valence-electron chi connectivity index (χ1n) is 7.93. The smallest absolute Gasteiger partial charge is 0.251 e. The summed E-state index contributed by atoms with van der Waals surface area (Å²) in [6.45, 7) is 2.19. The van der Waals surface area contributed by atoms with Crippen LogP contribution in [0.4, 0.5) is 0 Å². The second-order valence-electron chi connectivity index (χ2n) is 5.83. The number of rotatable bonds is 5. The van der Waals surface area contributed by atoms with Crippen molar-refractivity contribution in [2.45, 2.75) is 13.0 Å². The number of hydrogen-bond donors (Lipinski definition) is 2. The Labute approximate surface area is 136 Å². The Morgan fingerprint density at radius 1 is 1.17 bits per heavy atom. The molecule has 0 radical (unpaired) electrons. The fourth-order valence-electron chi connectivity index (χ4n) is 2.82. The van der Waals surface area contributed by atoms with E-state index in [2.05, 4.69) is 5.32 Å². The summed E-state index contributed by atoms with van der Waals surface area (Å²) in [6, 6.07) is 15.2. The van der Waals surface area contributed by atoms with Crippen molar-refractivity contribution in [3.8, 4) is 11.1 Å². The van der Waals surface area contributed by atoms with Crippen molar-refractivity contribution in [3.05, 3.63) is 59.7 Å². The van der Waals surface area contributed by atoms with E-state index < -0.39 is 0 Å².